The van der Waals surface area contributed by atoms with Crippen LogP contribution in [0.3, 0.4) is 0 Å². The molecule has 1 heterocycles. The summed E-state index contributed by atoms with van der Waals surface area (Å²) < 4.78 is 27.5. The van der Waals surface area contributed by atoms with Crippen LogP contribution in [0.15, 0.2) is 12.1 Å². The highest BCUT2D eigenvalue weighted by atomic mass is 35.5. The third kappa shape index (κ3) is 2.48. The van der Waals surface area contributed by atoms with E-state index >= 15 is 0 Å². The molecule has 0 bridgehead atoms. The first-order chi connectivity index (χ1) is 8.50. The van der Waals surface area contributed by atoms with Crippen LogP contribution in [0.1, 0.15) is 28.8 Å². The highest BCUT2D eigenvalue weighted by Gasteiger charge is 2.27. The molecule has 0 saturated carbocycles. The molecule has 0 aromatic heterocycles. The quantitative estimate of drug-likeness (QED) is 0.720. The Balaban J connectivity index is 2.31. The average Bonchev–Trinajstić information content (AvgIpc) is 2.34. The Bertz CT molecular complexity index is 478. The Hall–Kier alpha value is -1.16. The van der Waals surface area contributed by atoms with E-state index < -0.39 is 23.1 Å². The van der Waals surface area contributed by atoms with E-state index in [1.54, 1.807) is 0 Å². The number of hydrogen-bond donors (Lipinski definition) is 0. The SMILES string of the molecule is Cc1ccc(F)c(C(=O)N2CCCC(Cl)C2)c1F. The number of amides is 1. The molecule has 1 aliphatic heterocycles. The number of halogens is 3. The maximum Gasteiger partial charge on any atom is 0.259 e. The van der Waals surface area contributed by atoms with Crippen LogP contribution in [0.4, 0.5) is 8.78 Å². The fourth-order valence-electron chi connectivity index (χ4n) is 2.12. The summed E-state index contributed by atoms with van der Waals surface area (Å²) in [6.45, 7) is 2.34. The molecule has 0 N–H and O–H groups in total. The maximum atomic E-state index is 13.8. The van der Waals surface area contributed by atoms with Gasteiger partial charge in [0.05, 0.1) is 5.38 Å². The summed E-state index contributed by atoms with van der Waals surface area (Å²) >= 11 is 5.97. The number of carbonyl (C=O) groups excluding carboxylic acids is 1. The summed E-state index contributed by atoms with van der Waals surface area (Å²) in [4.78, 5) is 13.5. The molecular formula is C13H14ClF2NO. The first kappa shape index (κ1) is 13.3. The largest absolute Gasteiger partial charge is 0.337 e. The van der Waals surface area contributed by atoms with Crippen LogP contribution in [-0.4, -0.2) is 29.3 Å². The van der Waals surface area contributed by atoms with Crippen LogP contribution in [0.5, 0.6) is 0 Å². The van der Waals surface area contributed by atoms with Gasteiger partial charge in [0.2, 0.25) is 0 Å². The van der Waals surface area contributed by atoms with Crippen molar-refractivity contribution in [3.63, 3.8) is 0 Å². The Morgan fingerprint density at radius 3 is 2.83 bits per heavy atom. The topological polar surface area (TPSA) is 20.3 Å². The van der Waals surface area contributed by atoms with Crippen LogP contribution in [0.25, 0.3) is 0 Å². The molecule has 0 radical (unpaired) electrons. The molecule has 1 amide bonds. The van der Waals surface area contributed by atoms with E-state index in [0.29, 0.717) is 13.1 Å². The molecule has 1 saturated heterocycles. The molecule has 0 aliphatic carbocycles. The Morgan fingerprint density at radius 1 is 1.44 bits per heavy atom. The van der Waals surface area contributed by atoms with Gasteiger partial charge in [-0.15, -0.1) is 11.6 Å². The lowest BCUT2D eigenvalue weighted by Crippen LogP contribution is -2.41. The van der Waals surface area contributed by atoms with E-state index in [1.807, 2.05) is 0 Å². The predicted molar refractivity (Wildman–Crippen MR) is 65.9 cm³/mol. The van der Waals surface area contributed by atoms with Crippen molar-refractivity contribution in [3.05, 3.63) is 34.9 Å². The molecule has 98 valence electrons. The second-order valence-electron chi connectivity index (χ2n) is 4.54. The van der Waals surface area contributed by atoms with Crippen molar-refractivity contribution < 1.29 is 13.6 Å². The molecule has 1 aromatic rings. The number of rotatable bonds is 1. The van der Waals surface area contributed by atoms with E-state index in [9.17, 15) is 13.6 Å². The molecule has 2 rings (SSSR count). The molecule has 1 fully saturated rings. The van der Waals surface area contributed by atoms with Gasteiger partial charge in [-0.1, -0.05) is 6.07 Å². The number of nitrogens with zero attached hydrogens (tertiary/aromatic N) is 1. The van der Waals surface area contributed by atoms with E-state index in [4.69, 9.17) is 11.6 Å². The van der Waals surface area contributed by atoms with Gasteiger partial charge in [-0.05, 0) is 31.4 Å². The highest BCUT2D eigenvalue weighted by molar-refractivity contribution is 6.21. The normalized spacial score (nSPS) is 20.0. The van der Waals surface area contributed by atoms with Gasteiger partial charge < -0.3 is 4.90 Å². The molecule has 0 spiro atoms. The fourth-order valence-corrected chi connectivity index (χ4v) is 2.44. The molecule has 1 unspecified atom stereocenters. The van der Waals surface area contributed by atoms with Crippen molar-refractivity contribution in [1.29, 1.82) is 0 Å². The molecule has 2 nitrogen and oxygen atoms in total. The van der Waals surface area contributed by atoms with Gasteiger partial charge in [0, 0.05) is 13.1 Å². The summed E-state index contributed by atoms with van der Waals surface area (Å²) in [5.74, 6) is -2.21. The number of carbonyl (C=O) groups is 1. The number of aryl methyl sites for hydroxylation is 1. The van der Waals surface area contributed by atoms with E-state index in [-0.39, 0.29) is 10.9 Å². The van der Waals surface area contributed by atoms with Crippen molar-refractivity contribution in [1.82, 2.24) is 4.90 Å². The number of benzene rings is 1. The highest BCUT2D eigenvalue weighted by Crippen LogP contribution is 2.22. The lowest BCUT2D eigenvalue weighted by atomic mass is 10.1. The van der Waals surface area contributed by atoms with Crippen LogP contribution in [0, 0.1) is 18.6 Å². The lowest BCUT2D eigenvalue weighted by Gasteiger charge is -2.30. The zero-order valence-electron chi connectivity index (χ0n) is 10.0. The maximum absolute atomic E-state index is 13.8. The third-order valence-electron chi connectivity index (χ3n) is 3.15. The van der Waals surface area contributed by atoms with Crippen LogP contribution in [0.2, 0.25) is 0 Å². The Morgan fingerprint density at radius 2 is 2.17 bits per heavy atom. The molecular weight excluding hydrogens is 260 g/mol. The monoisotopic (exact) mass is 273 g/mol. The number of piperidine rings is 1. The van der Waals surface area contributed by atoms with Gasteiger partial charge in [0.25, 0.3) is 5.91 Å². The second-order valence-corrected chi connectivity index (χ2v) is 5.16. The van der Waals surface area contributed by atoms with Crippen molar-refractivity contribution in [2.75, 3.05) is 13.1 Å². The summed E-state index contributed by atoms with van der Waals surface area (Å²) in [5, 5.41) is -0.140. The third-order valence-corrected chi connectivity index (χ3v) is 3.51. The van der Waals surface area contributed by atoms with E-state index in [2.05, 4.69) is 0 Å². The summed E-state index contributed by atoms with van der Waals surface area (Å²) in [6.07, 6.45) is 1.58. The van der Waals surface area contributed by atoms with Crippen LogP contribution in [-0.2, 0) is 0 Å². The Labute approximate surface area is 110 Å². The summed E-state index contributed by atoms with van der Waals surface area (Å²) in [6, 6.07) is 2.44. The first-order valence-corrected chi connectivity index (χ1v) is 6.32. The fraction of sp³-hybridized carbons (Fsp3) is 0.462. The van der Waals surface area contributed by atoms with Crippen molar-refractivity contribution in [3.8, 4) is 0 Å². The molecule has 1 aromatic carbocycles. The Kier molecular flexibility index (Phi) is 3.85. The first-order valence-electron chi connectivity index (χ1n) is 5.88. The van der Waals surface area contributed by atoms with Gasteiger partial charge in [-0.2, -0.15) is 0 Å². The van der Waals surface area contributed by atoms with Gasteiger partial charge in [0.15, 0.2) is 0 Å². The molecule has 1 atom stereocenters. The molecule has 5 heteroatoms. The molecule has 18 heavy (non-hydrogen) atoms. The smallest absolute Gasteiger partial charge is 0.259 e. The average molecular weight is 274 g/mol. The van der Waals surface area contributed by atoms with Crippen molar-refractivity contribution >= 4 is 17.5 Å². The minimum atomic E-state index is -0.820. The van der Waals surface area contributed by atoms with E-state index in [1.165, 1.54) is 17.9 Å². The number of likely N-dealkylation sites (tertiary alicyclic amines) is 1. The van der Waals surface area contributed by atoms with Gasteiger partial charge in [-0.25, -0.2) is 8.78 Å². The number of alkyl halides is 1. The van der Waals surface area contributed by atoms with Crippen molar-refractivity contribution in [2.45, 2.75) is 25.1 Å². The van der Waals surface area contributed by atoms with Crippen LogP contribution < -0.4 is 0 Å². The second kappa shape index (κ2) is 5.22. The zero-order chi connectivity index (χ0) is 13.3. The van der Waals surface area contributed by atoms with Gasteiger partial charge >= 0.3 is 0 Å². The predicted octanol–water partition coefficient (Wildman–Crippen LogP) is 3.12. The van der Waals surface area contributed by atoms with Crippen LogP contribution >= 0.6 is 11.6 Å². The summed E-state index contributed by atoms with van der Waals surface area (Å²) in [7, 11) is 0. The summed E-state index contributed by atoms with van der Waals surface area (Å²) in [5.41, 5.74) is -0.208. The minimum absolute atomic E-state index is 0.140. The van der Waals surface area contributed by atoms with Crippen molar-refractivity contribution in [2.24, 2.45) is 0 Å². The van der Waals surface area contributed by atoms with Gasteiger partial charge in [0.1, 0.15) is 17.2 Å². The number of hydrogen-bond acceptors (Lipinski definition) is 1. The minimum Gasteiger partial charge on any atom is -0.337 e. The standard InChI is InChI=1S/C13H14ClF2NO/c1-8-4-5-10(15)11(12(8)16)13(18)17-6-2-3-9(14)7-17/h4-5,9H,2-3,6-7H2,1H3. The lowest BCUT2D eigenvalue weighted by molar-refractivity contribution is 0.0717. The van der Waals surface area contributed by atoms with E-state index in [0.717, 1.165) is 18.9 Å². The van der Waals surface area contributed by atoms with Gasteiger partial charge in [-0.3, -0.25) is 4.79 Å². The molecule has 1 aliphatic rings. The zero-order valence-corrected chi connectivity index (χ0v) is 10.8.